The van der Waals surface area contributed by atoms with Gasteiger partial charge >= 0.3 is 5.97 Å². The number of hydrogen-bond donors (Lipinski definition) is 2. The second kappa shape index (κ2) is 9.40. The second-order valence-corrected chi connectivity index (χ2v) is 9.22. The number of nitrogens with one attached hydrogen (secondary N) is 1. The summed E-state index contributed by atoms with van der Waals surface area (Å²) >= 11 is 0. The van der Waals surface area contributed by atoms with E-state index in [2.05, 4.69) is 25.8 Å². The number of pyridine rings is 1. The zero-order chi connectivity index (χ0) is 23.7. The molecule has 5 rings (SSSR count). The first-order chi connectivity index (χ1) is 16.5. The summed E-state index contributed by atoms with van der Waals surface area (Å²) in [5, 5.41) is 30.1. The second-order valence-electron chi connectivity index (χ2n) is 9.22. The number of aliphatic carboxylic acids is 1. The molecule has 11 heteroatoms. The number of carboxylic acid groups (broad SMARTS) is 1. The molecule has 2 atom stereocenters. The van der Waals surface area contributed by atoms with Gasteiger partial charge in [0.05, 0.1) is 47.9 Å². The molecule has 0 unspecified atom stereocenters. The maximum Gasteiger partial charge on any atom is 0.306 e. The largest absolute Gasteiger partial charge is 0.489 e. The molecule has 0 bridgehead atoms. The standard InChI is InChI=1S/C23H30N8O3/c1-14-20(34-17-8-3-5-15(11-17)23(32)33)10-9-18(26-14)22-19(30(2)29-27-22)12-24-21-13-25-31(28-21)16-6-4-7-16/h9-10,13,15-17H,3-8,11-12H2,1-2H3,(H,24,28)(H,32,33)/t15-,17-/m0/s1. The van der Waals surface area contributed by atoms with Crippen LogP contribution in [0, 0.1) is 12.8 Å². The lowest BCUT2D eigenvalue weighted by Gasteiger charge is -2.27. The smallest absolute Gasteiger partial charge is 0.306 e. The van der Waals surface area contributed by atoms with Crippen LogP contribution >= 0.6 is 0 Å². The minimum atomic E-state index is -0.743. The lowest BCUT2D eigenvalue weighted by atomic mass is 9.87. The number of hydrogen-bond acceptors (Lipinski definition) is 8. The van der Waals surface area contributed by atoms with Crippen molar-refractivity contribution in [2.75, 3.05) is 5.32 Å². The number of carbonyl (C=O) groups is 1. The molecule has 0 aromatic carbocycles. The van der Waals surface area contributed by atoms with Crippen LogP contribution in [0.5, 0.6) is 5.75 Å². The Kier molecular flexibility index (Phi) is 6.16. The van der Waals surface area contributed by atoms with E-state index in [-0.39, 0.29) is 12.0 Å². The normalized spacial score (nSPS) is 20.6. The van der Waals surface area contributed by atoms with E-state index >= 15 is 0 Å². The van der Waals surface area contributed by atoms with Gasteiger partial charge in [0.1, 0.15) is 11.4 Å². The van der Waals surface area contributed by atoms with E-state index in [0.29, 0.717) is 42.6 Å². The summed E-state index contributed by atoms with van der Waals surface area (Å²) in [4.78, 5) is 17.9. The van der Waals surface area contributed by atoms with Gasteiger partial charge in [0, 0.05) is 7.05 Å². The van der Waals surface area contributed by atoms with Crippen molar-refractivity contribution in [3.05, 3.63) is 29.7 Å². The van der Waals surface area contributed by atoms with Gasteiger partial charge in [0.2, 0.25) is 0 Å². The number of anilines is 1. The molecule has 2 saturated carbocycles. The molecule has 0 radical (unpaired) electrons. The molecular weight excluding hydrogens is 436 g/mol. The average Bonchev–Trinajstić information content (AvgIpc) is 3.39. The van der Waals surface area contributed by atoms with Gasteiger partial charge in [0.25, 0.3) is 0 Å². The lowest BCUT2D eigenvalue weighted by Crippen LogP contribution is -2.29. The predicted molar refractivity (Wildman–Crippen MR) is 123 cm³/mol. The summed E-state index contributed by atoms with van der Waals surface area (Å²) in [6, 6.07) is 4.18. The quantitative estimate of drug-likeness (QED) is 0.513. The molecule has 0 aliphatic heterocycles. The van der Waals surface area contributed by atoms with Gasteiger partial charge in [-0.2, -0.15) is 9.90 Å². The van der Waals surface area contributed by atoms with Crippen molar-refractivity contribution < 1.29 is 14.6 Å². The van der Waals surface area contributed by atoms with Gasteiger partial charge in [-0.15, -0.1) is 10.2 Å². The Balaban J connectivity index is 1.27. The van der Waals surface area contributed by atoms with Gasteiger partial charge in [-0.25, -0.2) is 9.67 Å². The molecule has 34 heavy (non-hydrogen) atoms. The van der Waals surface area contributed by atoms with Crippen molar-refractivity contribution in [2.45, 2.75) is 70.6 Å². The fraction of sp³-hybridized carbons (Fsp3) is 0.565. The Bertz CT molecular complexity index is 1170. The van der Waals surface area contributed by atoms with Crippen molar-refractivity contribution in [1.82, 2.24) is 35.0 Å². The van der Waals surface area contributed by atoms with Gasteiger partial charge in [0.15, 0.2) is 5.82 Å². The van der Waals surface area contributed by atoms with Crippen LogP contribution in [-0.4, -0.2) is 52.2 Å². The van der Waals surface area contributed by atoms with Crippen molar-refractivity contribution in [1.29, 1.82) is 0 Å². The number of rotatable bonds is 8. The van der Waals surface area contributed by atoms with Gasteiger partial charge in [-0.05, 0) is 64.0 Å². The van der Waals surface area contributed by atoms with Crippen LogP contribution < -0.4 is 10.1 Å². The first kappa shape index (κ1) is 22.3. The van der Waals surface area contributed by atoms with E-state index in [1.807, 2.05) is 26.1 Å². The highest BCUT2D eigenvalue weighted by atomic mass is 16.5. The minimum absolute atomic E-state index is 0.106. The Morgan fingerprint density at radius 1 is 1.24 bits per heavy atom. The zero-order valence-electron chi connectivity index (χ0n) is 19.5. The first-order valence-electron chi connectivity index (χ1n) is 11.9. The monoisotopic (exact) mass is 466 g/mol. The third kappa shape index (κ3) is 4.59. The summed E-state index contributed by atoms with van der Waals surface area (Å²) in [5.41, 5.74) is 3.03. The fourth-order valence-electron chi connectivity index (χ4n) is 4.56. The molecular formula is C23H30N8O3. The topological polar surface area (TPSA) is 133 Å². The highest BCUT2D eigenvalue weighted by molar-refractivity contribution is 5.70. The summed E-state index contributed by atoms with van der Waals surface area (Å²) in [7, 11) is 1.85. The van der Waals surface area contributed by atoms with E-state index < -0.39 is 5.97 Å². The van der Waals surface area contributed by atoms with Crippen molar-refractivity contribution in [3.8, 4) is 17.1 Å². The predicted octanol–water partition coefficient (Wildman–Crippen LogP) is 3.14. The van der Waals surface area contributed by atoms with Gasteiger partial charge in [-0.3, -0.25) is 4.79 Å². The van der Waals surface area contributed by atoms with Crippen LogP contribution in [0.25, 0.3) is 11.4 Å². The Labute approximate surface area is 197 Å². The molecule has 2 aliphatic rings. The molecule has 2 N–H and O–H groups in total. The number of ether oxygens (including phenoxy) is 1. The molecule has 2 fully saturated rings. The average molecular weight is 467 g/mol. The Morgan fingerprint density at radius 2 is 2.06 bits per heavy atom. The van der Waals surface area contributed by atoms with Crippen molar-refractivity contribution >= 4 is 11.8 Å². The third-order valence-electron chi connectivity index (χ3n) is 6.84. The highest BCUT2D eigenvalue weighted by Crippen LogP contribution is 2.31. The Hall–Kier alpha value is -3.50. The SMILES string of the molecule is Cc1nc(-c2nnn(C)c2CNc2cnn(C3CCC3)n2)ccc1O[C@H]1CCC[C@H](C(=O)O)C1. The molecule has 0 spiro atoms. The van der Waals surface area contributed by atoms with Gasteiger partial charge < -0.3 is 15.2 Å². The zero-order valence-corrected chi connectivity index (χ0v) is 19.5. The summed E-state index contributed by atoms with van der Waals surface area (Å²) < 4.78 is 7.87. The maximum absolute atomic E-state index is 11.3. The summed E-state index contributed by atoms with van der Waals surface area (Å²) in [6.45, 7) is 2.38. The summed E-state index contributed by atoms with van der Waals surface area (Å²) in [5.74, 6) is 0.319. The lowest BCUT2D eigenvalue weighted by molar-refractivity contribution is -0.143. The Morgan fingerprint density at radius 3 is 2.79 bits per heavy atom. The van der Waals surface area contributed by atoms with Crippen LogP contribution in [-0.2, 0) is 18.4 Å². The van der Waals surface area contributed by atoms with E-state index in [1.165, 1.54) is 6.42 Å². The molecule has 180 valence electrons. The van der Waals surface area contributed by atoms with E-state index in [0.717, 1.165) is 42.9 Å². The maximum atomic E-state index is 11.3. The van der Waals surface area contributed by atoms with Crippen molar-refractivity contribution in [2.24, 2.45) is 13.0 Å². The molecule has 3 heterocycles. The van der Waals surface area contributed by atoms with Crippen molar-refractivity contribution in [3.63, 3.8) is 0 Å². The molecule has 0 amide bonds. The molecule has 11 nitrogen and oxygen atoms in total. The van der Waals surface area contributed by atoms with Crippen LogP contribution in [0.1, 0.15) is 62.4 Å². The highest BCUT2D eigenvalue weighted by Gasteiger charge is 2.28. The number of aryl methyl sites for hydroxylation is 2. The van der Waals surface area contributed by atoms with Crippen LogP contribution in [0.4, 0.5) is 5.82 Å². The summed E-state index contributed by atoms with van der Waals surface area (Å²) in [6.07, 6.45) is 8.10. The number of nitrogens with zero attached hydrogens (tertiary/aromatic N) is 7. The van der Waals surface area contributed by atoms with Crippen LogP contribution in [0.15, 0.2) is 18.3 Å². The number of aromatic nitrogens is 7. The molecule has 2 aliphatic carbocycles. The third-order valence-corrected chi connectivity index (χ3v) is 6.84. The van der Waals surface area contributed by atoms with Crippen LogP contribution in [0.2, 0.25) is 0 Å². The molecule has 3 aromatic rings. The van der Waals surface area contributed by atoms with Gasteiger partial charge in [-0.1, -0.05) is 5.21 Å². The van der Waals surface area contributed by atoms with E-state index in [4.69, 9.17) is 9.72 Å². The minimum Gasteiger partial charge on any atom is -0.489 e. The fourth-order valence-corrected chi connectivity index (χ4v) is 4.56. The first-order valence-corrected chi connectivity index (χ1v) is 11.9. The van der Waals surface area contributed by atoms with Crippen LogP contribution in [0.3, 0.4) is 0 Å². The molecule has 3 aromatic heterocycles. The van der Waals surface area contributed by atoms with E-state index in [1.54, 1.807) is 15.7 Å². The number of carboxylic acids is 1. The molecule has 0 saturated heterocycles. The van der Waals surface area contributed by atoms with E-state index in [9.17, 15) is 9.90 Å².